The molecule has 6 heteroatoms. The smallest absolute Gasteiger partial charge is 0.340 e. The summed E-state index contributed by atoms with van der Waals surface area (Å²) in [5.74, 6) is -0.833. The van der Waals surface area contributed by atoms with E-state index in [9.17, 15) is 9.59 Å². The van der Waals surface area contributed by atoms with E-state index in [-0.39, 0.29) is 12.4 Å². The van der Waals surface area contributed by atoms with Gasteiger partial charge in [0.05, 0.1) is 19.3 Å². The van der Waals surface area contributed by atoms with Gasteiger partial charge < -0.3 is 19.8 Å². The van der Waals surface area contributed by atoms with Gasteiger partial charge in [0.1, 0.15) is 6.04 Å². The molecule has 0 aromatic carbocycles. The summed E-state index contributed by atoms with van der Waals surface area (Å²) in [6, 6.07) is -0.345. The van der Waals surface area contributed by atoms with Gasteiger partial charge >= 0.3 is 11.9 Å². The van der Waals surface area contributed by atoms with Crippen LogP contribution in [0.15, 0.2) is 0 Å². The van der Waals surface area contributed by atoms with E-state index in [2.05, 4.69) is 9.30 Å². The number of carbonyl (C=O) groups excluding carboxylic acids is 2. The number of ether oxygens (including phenoxy) is 2. The van der Waals surface area contributed by atoms with Crippen molar-refractivity contribution in [2.24, 2.45) is 5.73 Å². The summed E-state index contributed by atoms with van der Waals surface area (Å²) < 4.78 is 12.0. The lowest BCUT2D eigenvalue weighted by atomic mass is 10.0. The Morgan fingerprint density at radius 1 is 1.32 bits per heavy atom. The molecule has 1 fully saturated rings. The van der Waals surface area contributed by atoms with Crippen LogP contribution in [-0.2, 0) is 20.7 Å². The van der Waals surface area contributed by atoms with Crippen LogP contribution in [0, 0.1) is 13.8 Å². The van der Waals surface area contributed by atoms with Gasteiger partial charge in [-0.2, -0.15) is 0 Å². The topological polar surface area (TPSA) is 83.6 Å². The maximum atomic E-state index is 12.3. The number of hydrogen-bond acceptors (Lipinski definition) is 5. The number of rotatable bonds is 6. The van der Waals surface area contributed by atoms with Gasteiger partial charge in [0.25, 0.3) is 0 Å². The molecule has 0 bridgehead atoms. The van der Waals surface area contributed by atoms with Gasteiger partial charge in [0, 0.05) is 23.9 Å². The molecule has 6 nitrogen and oxygen atoms in total. The number of aromatic nitrogens is 1. The lowest BCUT2D eigenvalue weighted by Gasteiger charge is -2.11. The summed E-state index contributed by atoms with van der Waals surface area (Å²) in [5.41, 5.74) is 9.11. The predicted molar refractivity (Wildman–Crippen MR) is 81.8 cm³/mol. The van der Waals surface area contributed by atoms with Crippen molar-refractivity contribution >= 4 is 11.9 Å². The van der Waals surface area contributed by atoms with E-state index in [0.717, 1.165) is 29.8 Å². The van der Waals surface area contributed by atoms with Crippen LogP contribution in [0.5, 0.6) is 0 Å². The highest BCUT2D eigenvalue weighted by atomic mass is 16.5. The fraction of sp³-hybridized carbons (Fsp3) is 0.625. The van der Waals surface area contributed by atoms with E-state index in [1.54, 1.807) is 6.92 Å². The number of carbonyl (C=O) groups is 2. The molecular formula is C16H24N2O4. The average Bonchev–Trinajstić information content (AvgIpc) is 3.27. The minimum atomic E-state index is -0.786. The second-order valence-electron chi connectivity index (χ2n) is 5.68. The molecule has 0 saturated heterocycles. The second kappa shape index (κ2) is 6.52. The zero-order valence-electron chi connectivity index (χ0n) is 13.6. The highest BCUT2D eigenvalue weighted by Crippen LogP contribution is 2.40. The van der Waals surface area contributed by atoms with Crippen molar-refractivity contribution in [1.29, 1.82) is 0 Å². The quantitative estimate of drug-likeness (QED) is 0.808. The van der Waals surface area contributed by atoms with Crippen LogP contribution < -0.4 is 5.73 Å². The number of nitrogens with zero attached hydrogens (tertiary/aromatic N) is 1. The monoisotopic (exact) mass is 308 g/mol. The largest absolute Gasteiger partial charge is 0.468 e. The Hall–Kier alpha value is -1.82. The SMILES string of the molecule is CCOC(=O)c1c(CC(N)C(=O)OC)c(C)n(C2CC2)c1C. The van der Waals surface area contributed by atoms with E-state index >= 15 is 0 Å². The Balaban J connectivity index is 2.43. The first-order valence-corrected chi connectivity index (χ1v) is 7.63. The Bertz CT molecular complexity index is 587. The van der Waals surface area contributed by atoms with Crippen molar-refractivity contribution in [3.63, 3.8) is 0 Å². The highest BCUT2D eigenvalue weighted by molar-refractivity contribution is 5.93. The second-order valence-corrected chi connectivity index (χ2v) is 5.68. The fourth-order valence-corrected chi connectivity index (χ4v) is 2.98. The van der Waals surface area contributed by atoms with Gasteiger partial charge in [-0.05, 0) is 39.2 Å². The molecule has 2 rings (SSSR count). The minimum Gasteiger partial charge on any atom is -0.468 e. The van der Waals surface area contributed by atoms with Gasteiger partial charge in [-0.1, -0.05) is 0 Å². The first-order chi connectivity index (χ1) is 10.4. The van der Waals surface area contributed by atoms with Crippen LogP contribution in [0.25, 0.3) is 0 Å². The zero-order chi connectivity index (χ0) is 16.4. The standard InChI is InChI=1S/C16H24N2O4/c1-5-22-16(20)14-10(3)18(11-6-7-11)9(2)12(14)8-13(17)15(19)21-4/h11,13H,5-8,17H2,1-4H3. The summed E-state index contributed by atoms with van der Waals surface area (Å²) >= 11 is 0. The lowest BCUT2D eigenvalue weighted by molar-refractivity contribution is -0.142. The van der Waals surface area contributed by atoms with Crippen molar-refractivity contribution in [3.8, 4) is 0 Å². The molecule has 1 aromatic rings. The number of esters is 2. The van der Waals surface area contributed by atoms with E-state index in [0.29, 0.717) is 18.2 Å². The minimum absolute atomic E-state index is 0.271. The maximum Gasteiger partial charge on any atom is 0.340 e. The average molecular weight is 308 g/mol. The number of nitrogens with two attached hydrogens (primary N) is 1. The molecular weight excluding hydrogens is 284 g/mol. The van der Waals surface area contributed by atoms with E-state index in [1.807, 2.05) is 13.8 Å². The van der Waals surface area contributed by atoms with E-state index < -0.39 is 12.0 Å². The van der Waals surface area contributed by atoms with Crippen LogP contribution >= 0.6 is 0 Å². The lowest BCUT2D eigenvalue weighted by Crippen LogP contribution is -2.34. The molecule has 1 unspecified atom stereocenters. The summed E-state index contributed by atoms with van der Waals surface area (Å²) in [5, 5.41) is 0. The third kappa shape index (κ3) is 3.02. The fourth-order valence-electron chi connectivity index (χ4n) is 2.98. The summed E-state index contributed by atoms with van der Waals surface area (Å²) in [6.45, 7) is 5.98. The van der Waals surface area contributed by atoms with Crippen LogP contribution in [-0.4, -0.2) is 36.3 Å². The van der Waals surface area contributed by atoms with Gasteiger partial charge in [-0.3, -0.25) is 4.79 Å². The Morgan fingerprint density at radius 3 is 2.45 bits per heavy atom. The van der Waals surface area contributed by atoms with Crippen molar-refractivity contribution in [3.05, 3.63) is 22.5 Å². The van der Waals surface area contributed by atoms with Gasteiger partial charge in [-0.15, -0.1) is 0 Å². The van der Waals surface area contributed by atoms with Crippen LogP contribution in [0.1, 0.15) is 53.1 Å². The number of hydrogen-bond donors (Lipinski definition) is 1. The maximum absolute atomic E-state index is 12.3. The summed E-state index contributed by atoms with van der Waals surface area (Å²) in [7, 11) is 1.31. The highest BCUT2D eigenvalue weighted by Gasteiger charge is 2.33. The number of methoxy groups -OCH3 is 1. The molecule has 1 aliphatic carbocycles. The van der Waals surface area contributed by atoms with Crippen LogP contribution in [0.3, 0.4) is 0 Å². The first-order valence-electron chi connectivity index (χ1n) is 7.63. The first kappa shape index (κ1) is 16.5. The van der Waals surface area contributed by atoms with Gasteiger partial charge in [0.15, 0.2) is 0 Å². The molecule has 2 N–H and O–H groups in total. The Morgan fingerprint density at radius 2 is 1.95 bits per heavy atom. The van der Waals surface area contributed by atoms with Crippen molar-refractivity contribution < 1.29 is 19.1 Å². The zero-order valence-corrected chi connectivity index (χ0v) is 13.6. The third-order valence-electron chi connectivity index (χ3n) is 4.14. The van der Waals surface area contributed by atoms with Crippen molar-refractivity contribution in [1.82, 2.24) is 4.57 Å². The van der Waals surface area contributed by atoms with E-state index in [1.165, 1.54) is 7.11 Å². The third-order valence-corrected chi connectivity index (χ3v) is 4.14. The molecule has 0 radical (unpaired) electrons. The van der Waals surface area contributed by atoms with Crippen molar-refractivity contribution in [2.75, 3.05) is 13.7 Å². The van der Waals surface area contributed by atoms with Crippen LogP contribution in [0.4, 0.5) is 0 Å². The molecule has 0 aliphatic heterocycles. The van der Waals surface area contributed by atoms with E-state index in [4.69, 9.17) is 10.5 Å². The summed E-state index contributed by atoms with van der Waals surface area (Å²) in [6.07, 6.45) is 2.50. The predicted octanol–water partition coefficient (Wildman–Crippen LogP) is 1.66. The molecule has 0 amide bonds. The molecule has 1 heterocycles. The van der Waals surface area contributed by atoms with Crippen LogP contribution in [0.2, 0.25) is 0 Å². The molecule has 1 atom stereocenters. The normalized spacial score (nSPS) is 15.5. The molecule has 122 valence electrons. The van der Waals surface area contributed by atoms with Crippen molar-refractivity contribution in [2.45, 2.75) is 52.1 Å². The summed E-state index contributed by atoms with van der Waals surface area (Å²) in [4.78, 5) is 23.9. The molecule has 22 heavy (non-hydrogen) atoms. The molecule has 1 saturated carbocycles. The van der Waals surface area contributed by atoms with Gasteiger partial charge in [0.2, 0.25) is 0 Å². The Kier molecular flexibility index (Phi) is 4.90. The molecule has 0 spiro atoms. The molecule has 1 aliphatic rings. The van der Waals surface area contributed by atoms with Gasteiger partial charge in [-0.25, -0.2) is 4.79 Å². The Labute approximate surface area is 130 Å². The molecule has 1 aromatic heterocycles.